The minimum Gasteiger partial charge on any atom is -0.507 e. The SMILES string of the molecule is COc1ccc(OC)c(-c2ccc(O)c(C(=O)O)c2)c1. The number of hydrogen-bond donors (Lipinski definition) is 2. The van der Waals surface area contributed by atoms with Crippen LogP contribution in [0.1, 0.15) is 10.4 Å². The van der Waals surface area contributed by atoms with E-state index in [2.05, 4.69) is 0 Å². The molecule has 2 aromatic carbocycles. The van der Waals surface area contributed by atoms with Crippen LogP contribution in [-0.4, -0.2) is 30.4 Å². The summed E-state index contributed by atoms with van der Waals surface area (Å²) in [5, 5.41) is 18.6. The molecule has 0 fully saturated rings. The van der Waals surface area contributed by atoms with Gasteiger partial charge in [-0.2, -0.15) is 0 Å². The number of carbonyl (C=O) groups is 1. The van der Waals surface area contributed by atoms with Crippen molar-refractivity contribution in [2.45, 2.75) is 0 Å². The lowest BCUT2D eigenvalue weighted by atomic mass is 10.0. The van der Waals surface area contributed by atoms with E-state index < -0.39 is 5.97 Å². The highest BCUT2D eigenvalue weighted by Crippen LogP contribution is 2.35. The van der Waals surface area contributed by atoms with Crippen molar-refractivity contribution in [1.29, 1.82) is 0 Å². The number of benzene rings is 2. The molecule has 0 amide bonds. The fourth-order valence-corrected chi connectivity index (χ4v) is 1.91. The Bertz CT molecular complexity index is 649. The largest absolute Gasteiger partial charge is 0.507 e. The predicted molar refractivity (Wildman–Crippen MR) is 73.6 cm³/mol. The first-order valence-electron chi connectivity index (χ1n) is 5.85. The summed E-state index contributed by atoms with van der Waals surface area (Å²) in [6, 6.07) is 9.60. The number of carboxylic acids is 1. The highest BCUT2D eigenvalue weighted by Gasteiger charge is 2.14. The number of carboxylic acid groups (broad SMARTS) is 1. The zero-order chi connectivity index (χ0) is 14.7. The molecule has 2 aromatic rings. The minimum absolute atomic E-state index is 0.160. The van der Waals surface area contributed by atoms with Gasteiger partial charge in [0.2, 0.25) is 0 Å². The van der Waals surface area contributed by atoms with Crippen molar-refractivity contribution in [3.63, 3.8) is 0 Å². The summed E-state index contributed by atoms with van der Waals surface area (Å²) >= 11 is 0. The van der Waals surface area contributed by atoms with Crippen LogP contribution in [0.25, 0.3) is 11.1 Å². The van der Waals surface area contributed by atoms with Crippen LogP contribution >= 0.6 is 0 Å². The van der Waals surface area contributed by atoms with Crippen molar-refractivity contribution >= 4 is 5.97 Å². The number of aromatic hydroxyl groups is 1. The van der Waals surface area contributed by atoms with E-state index in [9.17, 15) is 9.90 Å². The van der Waals surface area contributed by atoms with Crippen molar-refractivity contribution in [3.05, 3.63) is 42.0 Å². The third kappa shape index (κ3) is 2.51. The van der Waals surface area contributed by atoms with Crippen LogP contribution in [0.3, 0.4) is 0 Å². The maximum Gasteiger partial charge on any atom is 0.339 e. The monoisotopic (exact) mass is 274 g/mol. The van der Waals surface area contributed by atoms with E-state index in [0.717, 1.165) is 0 Å². The van der Waals surface area contributed by atoms with Gasteiger partial charge in [0.25, 0.3) is 0 Å². The van der Waals surface area contributed by atoms with Crippen LogP contribution in [0, 0.1) is 0 Å². The molecule has 2 rings (SSSR count). The Morgan fingerprint density at radius 1 is 1.05 bits per heavy atom. The van der Waals surface area contributed by atoms with Crippen LogP contribution in [0.2, 0.25) is 0 Å². The number of phenols is 1. The first-order valence-corrected chi connectivity index (χ1v) is 5.85. The number of hydrogen-bond acceptors (Lipinski definition) is 4. The van der Waals surface area contributed by atoms with Gasteiger partial charge in [-0.1, -0.05) is 6.07 Å². The molecule has 0 aliphatic rings. The molecule has 0 saturated heterocycles. The van der Waals surface area contributed by atoms with E-state index in [1.165, 1.54) is 19.2 Å². The average molecular weight is 274 g/mol. The van der Waals surface area contributed by atoms with Crippen molar-refractivity contribution in [2.24, 2.45) is 0 Å². The molecule has 0 spiro atoms. The third-order valence-electron chi connectivity index (χ3n) is 2.94. The summed E-state index contributed by atoms with van der Waals surface area (Å²) in [6.07, 6.45) is 0. The van der Waals surface area contributed by atoms with Crippen LogP contribution in [0.4, 0.5) is 0 Å². The number of aromatic carboxylic acids is 1. The second-order valence-electron chi connectivity index (χ2n) is 4.10. The van der Waals surface area contributed by atoms with Crippen LogP contribution in [-0.2, 0) is 0 Å². The fourth-order valence-electron chi connectivity index (χ4n) is 1.91. The lowest BCUT2D eigenvalue weighted by Crippen LogP contribution is -1.97. The lowest BCUT2D eigenvalue weighted by molar-refractivity contribution is 0.0694. The van der Waals surface area contributed by atoms with Gasteiger partial charge in [0.05, 0.1) is 14.2 Å². The Morgan fingerprint density at radius 3 is 2.40 bits per heavy atom. The van der Waals surface area contributed by atoms with E-state index in [-0.39, 0.29) is 11.3 Å². The second-order valence-corrected chi connectivity index (χ2v) is 4.10. The van der Waals surface area contributed by atoms with Gasteiger partial charge >= 0.3 is 5.97 Å². The van der Waals surface area contributed by atoms with Crippen molar-refractivity contribution in [2.75, 3.05) is 14.2 Å². The Kier molecular flexibility index (Phi) is 3.79. The molecule has 5 nitrogen and oxygen atoms in total. The van der Waals surface area contributed by atoms with Gasteiger partial charge in [-0.15, -0.1) is 0 Å². The summed E-state index contributed by atoms with van der Waals surface area (Å²) in [4.78, 5) is 11.1. The molecule has 104 valence electrons. The maximum absolute atomic E-state index is 11.1. The molecule has 0 heterocycles. The Morgan fingerprint density at radius 2 is 1.80 bits per heavy atom. The highest BCUT2D eigenvalue weighted by molar-refractivity contribution is 5.93. The zero-order valence-electron chi connectivity index (χ0n) is 11.1. The van der Waals surface area contributed by atoms with Crippen LogP contribution in [0.5, 0.6) is 17.2 Å². The summed E-state index contributed by atoms with van der Waals surface area (Å²) in [7, 11) is 3.08. The average Bonchev–Trinajstić information content (AvgIpc) is 2.46. The Balaban J connectivity index is 2.61. The zero-order valence-corrected chi connectivity index (χ0v) is 11.1. The predicted octanol–water partition coefficient (Wildman–Crippen LogP) is 2.77. The van der Waals surface area contributed by atoms with Crippen molar-refractivity contribution in [1.82, 2.24) is 0 Å². The van der Waals surface area contributed by atoms with E-state index in [0.29, 0.717) is 22.6 Å². The first kappa shape index (κ1) is 13.7. The van der Waals surface area contributed by atoms with Gasteiger partial charge in [0, 0.05) is 5.56 Å². The number of methoxy groups -OCH3 is 2. The van der Waals surface area contributed by atoms with Gasteiger partial charge in [-0.3, -0.25) is 0 Å². The topological polar surface area (TPSA) is 76.0 Å². The summed E-state index contributed by atoms with van der Waals surface area (Å²) in [5.74, 6) is -0.243. The van der Waals surface area contributed by atoms with Crippen molar-refractivity contribution < 1.29 is 24.5 Å². The van der Waals surface area contributed by atoms with Crippen LogP contribution < -0.4 is 9.47 Å². The van der Waals surface area contributed by atoms with Gasteiger partial charge in [0.1, 0.15) is 22.8 Å². The number of ether oxygens (including phenoxy) is 2. The normalized spacial score (nSPS) is 10.1. The van der Waals surface area contributed by atoms with E-state index in [4.69, 9.17) is 14.6 Å². The maximum atomic E-state index is 11.1. The quantitative estimate of drug-likeness (QED) is 0.896. The molecular weight excluding hydrogens is 260 g/mol. The minimum atomic E-state index is -1.19. The molecule has 2 N–H and O–H groups in total. The smallest absolute Gasteiger partial charge is 0.339 e. The van der Waals surface area contributed by atoms with Crippen LogP contribution in [0.15, 0.2) is 36.4 Å². The molecule has 0 atom stereocenters. The van der Waals surface area contributed by atoms with E-state index in [1.807, 2.05) is 0 Å². The molecule has 0 saturated carbocycles. The van der Waals surface area contributed by atoms with Gasteiger partial charge in [-0.05, 0) is 35.9 Å². The van der Waals surface area contributed by atoms with E-state index >= 15 is 0 Å². The molecule has 0 unspecified atom stereocenters. The molecule has 0 aliphatic carbocycles. The van der Waals surface area contributed by atoms with Gasteiger partial charge < -0.3 is 19.7 Å². The number of rotatable bonds is 4. The van der Waals surface area contributed by atoms with Gasteiger partial charge in [0.15, 0.2) is 0 Å². The summed E-state index contributed by atoms with van der Waals surface area (Å²) in [6.45, 7) is 0. The summed E-state index contributed by atoms with van der Waals surface area (Å²) in [5.41, 5.74) is 1.15. The molecule has 0 aromatic heterocycles. The Labute approximate surface area is 116 Å². The molecule has 0 radical (unpaired) electrons. The van der Waals surface area contributed by atoms with Crippen molar-refractivity contribution in [3.8, 4) is 28.4 Å². The standard InChI is InChI=1S/C15H14O5/c1-19-10-4-6-14(20-2)11(8-10)9-3-5-13(16)12(7-9)15(17)18/h3-8,16H,1-2H3,(H,17,18). The molecule has 5 heteroatoms. The fraction of sp³-hybridized carbons (Fsp3) is 0.133. The van der Waals surface area contributed by atoms with Gasteiger partial charge in [-0.25, -0.2) is 4.79 Å². The molecular formula is C15H14O5. The highest BCUT2D eigenvalue weighted by atomic mass is 16.5. The van der Waals surface area contributed by atoms with E-state index in [1.54, 1.807) is 31.4 Å². The molecule has 20 heavy (non-hydrogen) atoms. The Hall–Kier alpha value is -2.69. The summed E-state index contributed by atoms with van der Waals surface area (Å²) < 4.78 is 10.4. The molecule has 0 aliphatic heterocycles. The third-order valence-corrected chi connectivity index (χ3v) is 2.94. The lowest BCUT2D eigenvalue weighted by Gasteiger charge is -2.11. The first-order chi connectivity index (χ1) is 9.56. The second kappa shape index (κ2) is 5.52. The molecule has 0 bridgehead atoms.